The Labute approximate surface area is 190 Å². The Morgan fingerprint density at radius 3 is 2.66 bits per heavy atom. The van der Waals surface area contributed by atoms with E-state index in [2.05, 4.69) is 10.3 Å². The third-order valence-corrected chi connectivity index (χ3v) is 5.68. The number of ether oxygens (including phenoxy) is 3. The van der Waals surface area contributed by atoms with E-state index in [9.17, 15) is 9.59 Å². The van der Waals surface area contributed by atoms with E-state index in [0.29, 0.717) is 59.4 Å². The van der Waals surface area contributed by atoms with Crippen LogP contribution < -0.4 is 20.3 Å². The minimum Gasteiger partial charge on any atom is -0.493 e. The second kappa shape index (κ2) is 11.5. The van der Waals surface area contributed by atoms with Crippen molar-refractivity contribution >= 4 is 34.3 Å². The molecule has 1 heterocycles. The largest absolute Gasteiger partial charge is 0.493 e. The standard InChI is InChI=1S/C23H27N3O5S/c1-4-31-13-7-12-26-22(28)17-8-5-6-9-18(17)25-23(26)32-15-21(27)24-16-10-11-19(29-2)20(14-16)30-3/h5-6,8-11,14H,4,7,12-13,15H2,1-3H3,(H,24,27). The van der Waals surface area contributed by atoms with Crippen LogP contribution in [0.5, 0.6) is 11.5 Å². The van der Waals surface area contributed by atoms with Crippen molar-refractivity contribution in [3.8, 4) is 11.5 Å². The summed E-state index contributed by atoms with van der Waals surface area (Å²) in [5.74, 6) is 0.990. The zero-order valence-corrected chi connectivity index (χ0v) is 19.2. The van der Waals surface area contributed by atoms with Gasteiger partial charge in [-0.05, 0) is 37.6 Å². The van der Waals surface area contributed by atoms with E-state index >= 15 is 0 Å². The van der Waals surface area contributed by atoms with Crippen LogP contribution in [0.25, 0.3) is 10.9 Å². The van der Waals surface area contributed by atoms with Gasteiger partial charge in [-0.2, -0.15) is 0 Å². The van der Waals surface area contributed by atoms with Gasteiger partial charge in [-0.15, -0.1) is 0 Å². The van der Waals surface area contributed by atoms with Gasteiger partial charge in [0, 0.05) is 31.5 Å². The fourth-order valence-electron chi connectivity index (χ4n) is 3.17. The quantitative estimate of drug-likeness (QED) is 0.267. The van der Waals surface area contributed by atoms with E-state index in [1.54, 1.807) is 42.0 Å². The number of carbonyl (C=O) groups is 1. The Kier molecular flexibility index (Phi) is 8.52. The second-order valence-corrected chi connectivity index (χ2v) is 7.77. The number of carbonyl (C=O) groups excluding carboxylic acids is 1. The highest BCUT2D eigenvalue weighted by atomic mass is 32.2. The zero-order valence-electron chi connectivity index (χ0n) is 18.4. The van der Waals surface area contributed by atoms with Crippen LogP contribution in [0.3, 0.4) is 0 Å². The van der Waals surface area contributed by atoms with Crippen molar-refractivity contribution in [2.45, 2.75) is 25.0 Å². The molecule has 2 aromatic carbocycles. The third-order valence-electron chi connectivity index (χ3n) is 4.70. The van der Waals surface area contributed by atoms with Crippen LogP contribution in [-0.2, 0) is 16.1 Å². The molecule has 0 saturated carbocycles. The topological polar surface area (TPSA) is 91.7 Å². The number of hydrogen-bond donors (Lipinski definition) is 1. The zero-order chi connectivity index (χ0) is 22.9. The van der Waals surface area contributed by atoms with Crippen molar-refractivity contribution in [3.05, 3.63) is 52.8 Å². The van der Waals surface area contributed by atoms with Gasteiger partial charge in [0.2, 0.25) is 5.91 Å². The highest BCUT2D eigenvalue weighted by molar-refractivity contribution is 7.99. The number of aromatic nitrogens is 2. The van der Waals surface area contributed by atoms with Crippen LogP contribution in [0.15, 0.2) is 52.4 Å². The van der Waals surface area contributed by atoms with Crippen molar-refractivity contribution in [1.29, 1.82) is 0 Å². The molecule has 3 aromatic rings. The SMILES string of the molecule is CCOCCCn1c(SCC(=O)Nc2ccc(OC)c(OC)c2)nc2ccccc2c1=O. The molecule has 0 spiro atoms. The van der Waals surface area contributed by atoms with E-state index in [0.717, 1.165) is 0 Å². The number of hydrogen-bond acceptors (Lipinski definition) is 7. The summed E-state index contributed by atoms with van der Waals surface area (Å²) >= 11 is 1.23. The van der Waals surface area contributed by atoms with Gasteiger partial charge in [-0.1, -0.05) is 23.9 Å². The summed E-state index contributed by atoms with van der Waals surface area (Å²) in [4.78, 5) is 30.2. The summed E-state index contributed by atoms with van der Waals surface area (Å²) in [5, 5.41) is 3.90. The number of benzene rings is 2. The van der Waals surface area contributed by atoms with Crippen LogP contribution in [0.4, 0.5) is 5.69 Å². The molecular formula is C23H27N3O5S. The molecule has 3 rings (SSSR count). The lowest BCUT2D eigenvalue weighted by atomic mass is 10.2. The number of nitrogens with one attached hydrogen (secondary N) is 1. The molecule has 1 amide bonds. The van der Waals surface area contributed by atoms with Crippen LogP contribution >= 0.6 is 11.8 Å². The molecule has 1 N–H and O–H groups in total. The van der Waals surface area contributed by atoms with E-state index in [1.807, 2.05) is 19.1 Å². The molecule has 0 atom stereocenters. The summed E-state index contributed by atoms with van der Waals surface area (Å²) in [6.07, 6.45) is 0.680. The summed E-state index contributed by atoms with van der Waals surface area (Å²) < 4.78 is 17.5. The van der Waals surface area contributed by atoms with Crippen molar-refractivity contribution in [2.24, 2.45) is 0 Å². The molecule has 1 aromatic heterocycles. The maximum absolute atomic E-state index is 13.0. The summed E-state index contributed by atoms with van der Waals surface area (Å²) in [6.45, 7) is 3.58. The number of thioether (sulfide) groups is 1. The number of rotatable bonds is 11. The fraction of sp³-hybridized carbons (Fsp3) is 0.348. The normalized spacial score (nSPS) is 10.8. The predicted molar refractivity (Wildman–Crippen MR) is 126 cm³/mol. The van der Waals surface area contributed by atoms with Gasteiger partial charge in [0.05, 0.1) is 30.9 Å². The Hall–Kier alpha value is -3.04. The number of methoxy groups -OCH3 is 2. The van der Waals surface area contributed by atoms with E-state index < -0.39 is 0 Å². The molecule has 0 aliphatic rings. The lowest BCUT2D eigenvalue weighted by molar-refractivity contribution is -0.113. The van der Waals surface area contributed by atoms with Gasteiger partial charge in [0.1, 0.15) is 0 Å². The first-order valence-electron chi connectivity index (χ1n) is 10.3. The third kappa shape index (κ3) is 5.80. The number of anilines is 1. The Bertz CT molecular complexity index is 1130. The molecule has 32 heavy (non-hydrogen) atoms. The first kappa shape index (κ1) is 23.6. The number of fused-ring (bicyclic) bond motifs is 1. The molecule has 0 bridgehead atoms. The average Bonchev–Trinajstić information content (AvgIpc) is 2.81. The molecule has 0 unspecified atom stereocenters. The highest BCUT2D eigenvalue weighted by Crippen LogP contribution is 2.30. The lowest BCUT2D eigenvalue weighted by Crippen LogP contribution is -2.25. The van der Waals surface area contributed by atoms with Gasteiger partial charge in [-0.25, -0.2) is 4.98 Å². The predicted octanol–water partition coefficient (Wildman–Crippen LogP) is 3.57. The molecule has 0 fully saturated rings. The van der Waals surface area contributed by atoms with E-state index in [-0.39, 0.29) is 17.2 Å². The first-order valence-corrected chi connectivity index (χ1v) is 11.3. The Balaban J connectivity index is 1.75. The van der Waals surface area contributed by atoms with Gasteiger partial charge in [0.15, 0.2) is 16.7 Å². The monoisotopic (exact) mass is 457 g/mol. The number of amides is 1. The van der Waals surface area contributed by atoms with Gasteiger partial charge >= 0.3 is 0 Å². The minimum atomic E-state index is -0.217. The maximum atomic E-state index is 13.0. The average molecular weight is 458 g/mol. The summed E-state index contributed by atoms with van der Waals surface area (Å²) in [7, 11) is 3.09. The molecule has 0 aliphatic carbocycles. The van der Waals surface area contributed by atoms with Crippen molar-refractivity contribution in [3.63, 3.8) is 0 Å². The highest BCUT2D eigenvalue weighted by Gasteiger charge is 2.14. The molecule has 0 saturated heterocycles. The van der Waals surface area contributed by atoms with Crippen molar-refractivity contribution < 1.29 is 19.0 Å². The fourth-order valence-corrected chi connectivity index (χ4v) is 3.99. The van der Waals surface area contributed by atoms with Crippen LogP contribution in [0.2, 0.25) is 0 Å². The summed E-state index contributed by atoms with van der Waals surface area (Å²) in [6, 6.07) is 12.4. The van der Waals surface area contributed by atoms with E-state index in [1.165, 1.54) is 18.9 Å². The smallest absolute Gasteiger partial charge is 0.262 e. The minimum absolute atomic E-state index is 0.102. The Morgan fingerprint density at radius 1 is 1.12 bits per heavy atom. The molecule has 0 radical (unpaired) electrons. The molecule has 8 nitrogen and oxygen atoms in total. The van der Waals surface area contributed by atoms with Crippen molar-refractivity contribution in [1.82, 2.24) is 9.55 Å². The molecule has 0 aliphatic heterocycles. The van der Waals surface area contributed by atoms with Crippen LogP contribution in [0.1, 0.15) is 13.3 Å². The van der Waals surface area contributed by atoms with Crippen molar-refractivity contribution in [2.75, 3.05) is 38.5 Å². The Morgan fingerprint density at radius 2 is 1.91 bits per heavy atom. The lowest BCUT2D eigenvalue weighted by Gasteiger charge is -2.13. The first-order chi connectivity index (χ1) is 15.6. The second-order valence-electron chi connectivity index (χ2n) is 6.83. The molecule has 9 heteroatoms. The number of para-hydroxylation sites is 1. The maximum Gasteiger partial charge on any atom is 0.262 e. The van der Waals surface area contributed by atoms with Gasteiger partial charge < -0.3 is 19.5 Å². The molecular weight excluding hydrogens is 430 g/mol. The molecule has 170 valence electrons. The van der Waals surface area contributed by atoms with Gasteiger partial charge in [0.25, 0.3) is 5.56 Å². The van der Waals surface area contributed by atoms with Crippen LogP contribution in [-0.4, -0.2) is 48.6 Å². The van der Waals surface area contributed by atoms with Crippen LogP contribution in [0, 0.1) is 0 Å². The van der Waals surface area contributed by atoms with E-state index in [4.69, 9.17) is 14.2 Å². The number of nitrogens with zero attached hydrogens (tertiary/aromatic N) is 2. The summed E-state index contributed by atoms with van der Waals surface area (Å²) in [5.41, 5.74) is 1.09. The van der Waals surface area contributed by atoms with Gasteiger partial charge in [-0.3, -0.25) is 14.2 Å².